The minimum Gasteiger partial charge on any atom is -0.362 e. The van der Waals surface area contributed by atoms with Gasteiger partial charge in [-0.1, -0.05) is 35.9 Å². The second-order valence-corrected chi connectivity index (χ2v) is 6.38. The molecule has 1 saturated heterocycles. The Bertz CT molecular complexity index is 845. The summed E-state index contributed by atoms with van der Waals surface area (Å²) < 4.78 is 0. The van der Waals surface area contributed by atoms with Crippen molar-refractivity contribution < 1.29 is 9.72 Å². The van der Waals surface area contributed by atoms with Gasteiger partial charge in [0.1, 0.15) is 5.69 Å². The lowest BCUT2D eigenvalue weighted by Gasteiger charge is -2.35. The molecule has 1 aliphatic rings. The van der Waals surface area contributed by atoms with Crippen LogP contribution in [0.15, 0.2) is 54.6 Å². The fraction of sp³-hybridized carbons (Fsp3) is 0.211. The van der Waals surface area contributed by atoms with Gasteiger partial charge < -0.3 is 9.80 Å². The Hall–Kier alpha value is -2.86. The Morgan fingerprint density at radius 2 is 1.81 bits per heavy atom. The lowest BCUT2D eigenvalue weighted by atomic mass is 10.2. The van der Waals surface area contributed by atoms with Crippen molar-refractivity contribution in [1.82, 2.24) is 4.90 Å². The normalized spacial score (nSPS) is 14.7. The van der Waals surface area contributed by atoms with Gasteiger partial charge in [-0.25, -0.2) is 0 Å². The van der Waals surface area contributed by atoms with Crippen LogP contribution in [0.3, 0.4) is 0 Å². The van der Waals surface area contributed by atoms with Crippen LogP contribution in [0.1, 0.15) is 5.56 Å². The number of nitrogens with zero attached hydrogens (tertiary/aromatic N) is 3. The van der Waals surface area contributed by atoms with E-state index in [1.165, 1.54) is 12.1 Å². The summed E-state index contributed by atoms with van der Waals surface area (Å²) in [6.45, 7) is 2.15. The summed E-state index contributed by atoms with van der Waals surface area (Å²) in [5.74, 6) is -0.0767. The highest BCUT2D eigenvalue weighted by molar-refractivity contribution is 6.30. The number of hydrogen-bond donors (Lipinski definition) is 0. The van der Waals surface area contributed by atoms with Crippen molar-refractivity contribution in [2.75, 3.05) is 31.1 Å². The van der Waals surface area contributed by atoms with Crippen molar-refractivity contribution in [3.05, 3.63) is 75.3 Å². The molecule has 1 aliphatic heterocycles. The van der Waals surface area contributed by atoms with Crippen molar-refractivity contribution in [1.29, 1.82) is 0 Å². The Morgan fingerprint density at radius 1 is 1.08 bits per heavy atom. The zero-order valence-corrected chi connectivity index (χ0v) is 14.8. The molecular weight excluding hydrogens is 354 g/mol. The van der Waals surface area contributed by atoms with Crippen LogP contribution < -0.4 is 4.90 Å². The number of anilines is 1. The number of nitro benzene ring substituents is 1. The summed E-state index contributed by atoms with van der Waals surface area (Å²) in [5, 5.41) is 11.8. The number of para-hydroxylation sites is 2. The third-order valence-electron chi connectivity index (χ3n) is 4.28. The zero-order valence-electron chi connectivity index (χ0n) is 14.0. The third-order valence-corrected chi connectivity index (χ3v) is 4.51. The van der Waals surface area contributed by atoms with Crippen LogP contribution in [0.4, 0.5) is 11.4 Å². The van der Waals surface area contributed by atoms with Crippen LogP contribution in [0.2, 0.25) is 5.02 Å². The van der Waals surface area contributed by atoms with Gasteiger partial charge >= 0.3 is 0 Å². The number of amides is 1. The maximum Gasteiger partial charge on any atom is 0.292 e. The summed E-state index contributed by atoms with van der Waals surface area (Å²) in [6, 6.07) is 14.0. The standard InChI is InChI=1S/C19H18ClN3O3/c20-16-5-3-4-15(14-16)8-9-19(24)22-12-10-21(11-13-22)17-6-1-2-7-18(17)23(25)26/h1-9,14H,10-13H2/b9-8+. The lowest BCUT2D eigenvalue weighted by molar-refractivity contribution is -0.384. The van der Waals surface area contributed by atoms with Gasteiger partial charge in [0.15, 0.2) is 0 Å². The van der Waals surface area contributed by atoms with E-state index in [9.17, 15) is 14.9 Å². The average molecular weight is 372 g/mol. The first-order chi connectivity index (χ1) is 12.5. The third kappa shape index (κ3) is 4.21. The Kier molecular flexibility index (Phi) is 5.53. The molecule has 0 aliphatic carbocycles. The van der Waals surface area contributed by atoms with Crippen LogP contribution in [0.25, 0.3) is 6.08 Å². The largest absolute Gasteiger partial charge is 0.362 e. The molecule has 134 valence electrons. The second kappa shape index (κ2) is 8.01. The van der Waals surface area contributed by atoms with E-state index in [1.54, 1.807) is 41.3 Å². The predicted octanol–water partition coefficient (Wildman–Crippen LogP) is 3.61. The van der Waals surface area contributed by atoms with Crippen molar-refractivity contribution in [2.24, 2.45) is 0 Å². The molecule has 7 heteroatoms. The van der Waals surface area contributed by atoms with E-state index in [0.717, 1.165) is 5.56 Å². The zero-order chi connectivity index (χ0) is 18.5. The molecule has 0 unspecified atom stereocenters. The van der Waals surface area contributed by atoms with Crippen molar-refractivity contribution in [3.8, 4) is 0 Å². The van der Waals surface area contributed by atoms with Crippen LogP contribution in [-0.2, 0) is 4.79 Å². The molecule has 2 aromatic rings. The molecule has 0 atom stereocenters. The Balaban J connectivity index is 1.62. The highest BCUT2D eigenvalue weighted by atomic mass is 35.5. The van der Waals surface area contributed by atoms with Gasteiger partial charge in [0.2, 0.25) is 5.91 Å². The maximum atomic E-state index is 12.4. The summed E-state index contributed by atoms with van der Waals surface area (Å²) in [4.78, 5) is 26.8. The first kappa shape index (κ1) is 17.9. The number of carbonyl (C=O) groups is 1. The summed E-state index contributed by atoms with van der Waals surface area (Å²) >= 11 is 5.94. The highest BCUT2D eigenvalue weighted by Gasteiger charge is 2.24. The van der Waals surface area contributed by atoms with Crippen LogP contribution in [0, 0.1) is 10.1 Å². The first-order valence-electron chi connectivity index (χ1n) is 8.25. The number of carbonyl (C=O) groups excluding carboxylic acids is 1. The molecule has 6 nitrogen and oxygen atoms in total. The van der Waals surface area contributed by atoms with Gasteiger partial charge in [-0.05, 0) is 29.8 Å². The molecule has 1 amide bonds. The van der Waals surface area contributed by atoms with Crippen molar-refractivity contribution in [2.45, 2.75) is 0 Å². The number of rotatable bonds is 4. The molecule has 26 heavy (non-hydrogen) atoms. The van der Waals surface area contributed by atoms with E-state index in [-0.39, 0.29) is 16.5 Å². The van der Waals surface area contributed by atoms with Gasteiger partial charge in [-0.3, -0.25) is 14.9 Å². The van der Waals surface area contributed by atoms with Crippen molar-refractivity contribution >= 4 is 35.0 Å². The SMILES string of the molecule is O=C(/C=C/c1cccc(Cl)c1)N1CCN(c2ccccc2[N+](=O)[O-])CC1. The molecule has 1 fully saturated rings. The summed E-state index contributed by atoms with van der Waals surface area (Å²) in [7, 11) is 0. The molecule has 0 N–H and O–H groups in total. The molecular formula is C19H18ClN3O3. The molecule has 0 saturated carbocycles. The van der Waals surface area contributed by atoms with Gasteiger partial charge in [0.25, 0.3) is 5.69 Å². The van der Waals surface area contributed by atoms with Gasteiger partial charge in [0.05, 0.1) is 4.92 Å². The van der Waals surface area contributed by atoms with E-state index in [1.807, 2.05) is 17.0 Å². The number of halogens is 1. The molecule has 0 aromatic heterocycles. The smallest absolute Gasteiger partial charge is 0.292 e. The second-order valence-electron chi connectivity index (χ2n) is 5.95. The van der Waals surface area contributed by atoms with E-state index in [0.29, 0.717) is 36.9 Å². The van der Waals surface area contributed by atoms with Crippen LogP contribution in [0.5, 0.6) is 0 Å². The molecule has 3 rings (SSSR count). The highest BCUT2D eigenvalue weighted by Crippen LogP contribution is 2.28. The minimum absolute atomic E-state index is 0.0767. The molecule has 1 heterocycles. The quantitative estimate of drug-likeness (QED) is 0.468. The van der Waals surface area contributed by atoms with E-state index < -0.39 is 0 Å². The lowest BCUT2D eigenvalue weighted by Crippen LogP contribution is -2.48. The number of hydrogen-bond acceptors (Lipinski definition) is 4. The fourth-order valence-corrected chi connectivity index (χ4v) is 3.14. The van der Waals surface area contributed by atoms with Crippen LogP contribution in [-0.4, -0.2) is 41.9 Å². The van der Waals surface area contributed by atoms with Crippen LogP contribution >= 0.6 is 11.6 Å². The Morgan fingerprint density at radius 3 is 2.50 bits per heavy atom. The average Bonchev–Trinajstić information content (AvgIpc) is 2.66. The maximum absolute atomic E-state index is 12.4. The molecule has 2 aromatic carbocycles. The summed E-state index contributed by atoms with van der Waals surface area (Å²) in [6.07, 6.45) is 3.27. The minimum atomic E-state index is -0.374. The number of piperazine rings is 1. The predicted molar refractivity (Wildman–Crippen MR) is 102 cm³/mol. The molecule has 0 radical (unpaired) electrons. The van der Waals surface area contributed by atoms with Crippen molar-refractivity contribution in [3.63, 3.8) is 0 Å². The number of benzene rings is 2. The van der Waals surface area contributed by atoms with Gasteiger partial charge in [-0.2, -0.15) is 0 Å². The topological polar surface area (TPSA) is 66.7 Å². The summed E-state index contributed by atoms with van der Waals surface area (Å²) in [5.41, 5.74) is 1.55. The molecule has 0 spiro atoms. The van der Waals surface area contributed by atoms with Gasteiger partial charge in [0, 0.05) is 43.3 Å². The fourth-order valence-electron chi connectivity index (χ4n) is 2.94. The van der Waals surface area contributed by atoms with Gasteiger partial charge in [-0.15, -0.1) is 0 Å². The Labute approximate surface area is 156 Å². The molecule has 0 bridgehead atoms. The monoisotopic (exact) mass is 371 g/mol. The number of nitro groups is 1. The van der Waals surface area contributed by atoms with E-state index in [4.69, 9.17) is 11.6 Å². The van der Waals surface area contributed by atoms with E-state index >= 15 is 0 Å². The first-order valence-corrected chi connectivity index (χ1v) is 8.63. The van der Waals surface area contributed by atoms with E-state index in [2.05, 4.69) is 0 Å².